The van der Waals surface area contributed by atoms with Crippen LogP contribution in [0, 0.1) is 0 Å². The molecule has 0 unspecified atom stereocenters. The molecule has 3 rings (SSSR count). The SMILES string of the molecule is Cn1ccnc1-c1ccc(C2(CN)CCC2)cc1. The van der Waals surface area contributed by atoms with Gasteiger partial charge in [-0.25, -0.2) is 4.98 Å². The smallest absolute Gasteiger partial charge is 0.139 e. The fourth-order valence-electron chi connectivity index (χ4n) is 2.83. The van der Waals surface area contributed by atoms with E-state index in [-0.39, 0.29) is 5.41 Å². The lowest BCUT2D eigenvalue weighted by Gasteiger charge is -2.41. The van der Waals surface area contributed by atoms with E-state index in [1.54, 1.807) is 0 Å². The maximum absolute atomic E-state index is 5.94. The van der Waals surface area contributed by atoms with Crippen LogP contribution >= 0.6 is 0 Å². The number of aryl methyl sites for hydroxylation is 1. The number of hydrogen-bond donors (Lipinski definition) is 1. The number of hydrogen-bond acceptors (Lipinski definition) is 2. The van der Waals surface area contributed by atoms with Crippen LogP contribution in [0.5, 0.6) is 0 Å². The Morgan fingerprint density at radius 2 is 2.00 bits per heavy atom. The van der Waals surface area contributed by atoms with Gasteiger partial charge in [0.05, 0.1) is 0 Å². The van der Waals surface area contributed by atoms with Gasteiger partial charge in [-0.3, -0.25) is 0 Å². The third-order valence-electron chi connectivity index (χ3n) is 4.28. The molecule has 0 bridgehead atoms. The van der Waals surface area contributed by atoms with Crippen LogP contribution in [0.1, 0.15) is 24.8 Å². The van der Waals surface area contributed by atoms with Crippen LogP contribution in [0.15, 0.2) is 36.7 Å². The maximum Gasteiger partial charge on any atom is 0.139 e. The van der Waals surface area contributed by atoms with Crippen LogP contribution in [0.4, 0.5) is 0 Å². The second-order valence-electron chi connectivity index (χ2n) is 5.28. The molecule has 1 aliphatic carbocycles. The van der Waals surface area contributed by atoms with Crippen molar-refractivity contribution in [1.29, 1.82) is 0 Å². The molecule has 18 heavy (non-hydrogen) atoms. The van der Waals surface area contributed by atoms with Crippen molar-refractivity contribution in [2.75, 3.05) is 6.54 Å². The van der Waals surface area contributed by atoms with Crippen molar-refractivity contribution < 1.29 is 0 Å². The largest absolute Gasteiger partial charge is 0.334 e. The Bertz CT molecular complexity index is 530. The summed E-state index contributed by atoms with van der Waals surface area (Å²) in [5.41, 5.74) is 8.74. The summed E-state index contributed by atoms with van der Waals surface area (Å²) < 4.78 is 2.04. The van der Waals surface area contributed by atoms with Gasteiger partial charge in [0.25, 0.3) is 0 Å². The molecule has 0 spiro atoms. The summed E-state index contributed by atoms with van der Waals surface area (Å²) in [5.74, 6) is 1.01. The van der Waals surface area contributed by atoms with Gasteiger partial charge >= 0.3 is 0 Å². The van der Waals surface area contributed by atoms with Gasteiger partial charge in [0.15, 0.2) is 0 Å². The number of nitrogens with two attached hydrogens (primary N) is 1. The zero-order valence-corrected chi connectivity index (χ0v) is 10.8. The van der Waals surface area contributed by atoms with Crippen molar-refractivity contribution in [2.24, 2.45) is 12.8 Å². The molecule has 2 aromatic rings. The van der Waals surface area contributed by atoms with Crippen molar-refractivity contribution in [3.05, 3.63) is 42.2 Å². The molecule has 1 aromatic heterocycles. The van der Waals surface area contributed by atoms with E-state index in [1.165, 1.54) is 24.8 Å². The Labute approximate surface area is 108 Å². The maximum atomic E-state index is 5.94. The van der Waals surface area contributed by atoms with Crippen molar-refractivity contribution in [2.45, 2.75) is 24.7 Å². The summed E-state index contributed by atoms with van der Waals surface area (Å²) in [4.78, 5) is 4.37. The number of aromatic nitrogens is 2. The van der Waals surface area contributed by atoms with E-state index in [1.807, 2.05) is 24.0 Å². The van der Waals surface area contributed by atoms with Crippen LogP contribution in [0.3, 0.4) is 0 Å². The fourth-order valence-corrected chi connectivity index (χ4v) is 2.83. The molecular weight excluding hydrogens is 222 g/mol. The first-order valence-electron chi connectivity index (χ1n) is 6.53. The number of nitrogens with zero attached hydrogens (tertiary/aromatic N) is 2. The lowest BCUT2D eigenvalue weighted by atomic mass is 9.64. The van der Waals surface area contributed by atoms with Gasteiger partial charge < -0.3 is 10.3 Å². The van der Waals surface area contributed by atoms with Crippen LogP contribution in [-0.4, -0.2) is 16.1 Å². The lowest BCUT2D eigenvalue weighted by molar-refractivity contribution is 0.253. The summed E-state index contributed by atoms with van der Waals surface area (Å²) >= 11 is 0. The molecule has 1 saturated carbocycles. The molecule has 0 atom stereocenters. The molecule has 0 saturated heterocycles. The van der Waals surface area contributed by atoms with Crippen LogP contribution < -0.4 is 5.73 Å². The minimum Gasteiger partial charge on any atom is -0.334 e. The molecule has 0 amide bonds. The zero-order valence-electron chi connectivity index (χ0n) is 10.8. The average Bonchev–Trinajstić information content (AvgIpc) is 2.76. The Kier molecular flexibility index (Phi) is 2.71. The fraction of sp³-hybridized carbons (Fsp3) is 0.400. The Morgan fingerprint density at radius 1 is 1.28 bits per heavy atom. The first-order valence-corrected chi connectivity index (χ1v) is 6.53. The normalized spacial score (nSPS) is 17.4. The highest BCUT2D eigenvalue weighted by Gasteiger charge is 2.37. The molecule has 94 valence electrons. The van der Waals surface area contributed by atoms with Crippen LogP contribution in [0.25, 0.3) is 11.4 Å². The van der Waals surface area contributed by atoms with Gasteiger partial charge in [-0.1, -0.05) is 30.7 Å². The Hall–Kier alpha value is -1.61. The van der Waals surface area contributed by atoms with Gasteiger partial charge in [0, 0.05) is 37.0 Å². The molecule has 1 aliphatic rings. The van der Waals surface area contributed by atoms with Crippen molar-refractivity contribution in [1.82, 2.24) is 9.55 Å². The second kappa shape index (κ2) is 4.25. The van der Waals surface area contributed by atoms with E-state index in [2.05, 4.69) is 29.2 Å². The van der Waals surface area contributed by atoms with E-state index >= 15 is 0 Å². The Morgan fingerprint density at radius 3 is 2.44 bits per heavy atom. The third kappa shape index (κ3) is 1.66. The predicted molar refractivity (Wildman–Crippen MR) is 73.2 cm³/mol. The lowest BCUT2D eigenvalue weighted by Crippen LogP contribution is -2.41. The minimum absolute atomic E-state index is 0.250. The molecule has 3 heteroatoms. The van der Waals surface area contributed by atoms with Gasteiger partial charge in [-0.05, 0) is 18.4 Å². The number of benzene rings is 1. The highest BCUT2D eigenvalue weighted by molar-refractivity contribution is 5.56. The summed E-state index contributed by atoms with van der Waals surface area (Å²) in [7, 11) is 2.02. The minimum atomic E-state index is 0.250. The molecule has 3 nitrogen and oxygen atoms in total. The van der Waals surface area contributed by atoms with Crippen molar-refractivity contribution >= 4 is 0 Å². The number of rotatable bonds is 3. The van der Waals surface area contributed by atoms with Crippen molar-refractivity contribution in [3.63, 3.8) is 0 Å². The third-order valence-corrected chi connectivity index (χ3v) is 4.28. The first kappa shape index (κ1) is 11.5. The summed E-state index contributed by atoms with van der Waals surface area (Å²) in [5, 5.41) is 0. The molecule has 0 radical (unpaired) electrons. The highest BCUT2D eigenvalue weighted by atomic mass is 15.0. The quantitative estimate of drug-likeness (QED) is 0.897. The summed E-state index contributed by atoms with van der Waals surface area (Å²) in [6.45, 7) is 0.759. The van der Waals surface area contributed by atoms with Gasteiger partial charge in [-0.2, -0.15) is 0 Å². The predicted octanol–water partition coefficient (Wildman–Crippen LogP) is 2.47. The van der Waals surface area contributed by atoms with Crippen LogP contribution in [0.2, 0.25) is 0 Å². The van der Waals surface area contributed by atoms with Crippen molar-refractivity contribution in [3.8, 4) is 11.4 Å². The summed E-state index contributed by atoms with van der Waals surface area (Å²) in [6, 6.07) is 8.76. The van der Waals surface area contributed by atoms with E-state index in [9.17, 15) is 0 Å². The van der Waals surface area contributed by atoms with E-state index in [4.69, 9.17) is 5.73 Å². The van der Waals surface area contributed by atoms with Crippen LogP contribution in [-0.2, 0) is 12.5 Å². The molecule has 1 fully saturated rings. The van der Waals surface area contributed by atoms with E-state index in [0.717, 1.165) is 17.9 Å². The van der Waals surface area contributed by atoms with E-state index < -0.39 is 0 Å². The molecule has 0 aliphatic heterocycles. The topological polar surface area (TPSA) is 43.8 Å². The van der Waals surface area contributed by atoms with E-state index in [0.29, 0.717) is 0 Å². The average molecular weight is 241 g/mol. The highest BCUT2D eigenvalue weighted by Crippen LogP contribution is 2.43. The van der Waals surface area contributed by atoms with Gasteiger partial charge in [0.2, 0.25) is 0 Å². The number of imidazole rings is 1. The first-order chi connectivity index (χ1) is 8.75. The molecule has 2 N–H and O–H groups in total. The molecule has 1 aromatic carbocycles. The van der Waals surface area contributed by atoms with Gasteiger partial charge in [0.1, 0.15) is 5.82 Å². The monoisotopic (exact) mass is 241 g/mol. The molecule has 1 heterocycles. The summed E-state index contributed by atoms with van der Waals surface area (Å²) in [6.07, 6.45) is 7.56. The van der Waals surface area contributed by atoms with Gasteiger partial charge in [-0.15, -0.1) is 0 Å². The molecular formula is C15H19N3. The Balaban J connectivity index is 1.92. The standard InChI is InChI=1S/C15H19N3/c1-18-10-9-17-14(18)12-3-5-13(6-4-12)15(11-16)7-2-8-15/h3-6,9-10H,2,7-8,11,16H2,1H3. The second-order valence-corrected chi connectivity index (χ2v) is 5.28. The zero-order chi connectivity index (χ0) is 12.6.